The second-order valence-corrected chi connectivity index (χ2v) is 6.38. The summed E-state index contributed by atoms with van der Waals surface area (Å²) in [7, 11) is 0. The second-order valence-electron chi connectivity index (χ2n) is 5.68. The topological polar surface area (TPSA) is 95.7 Å². The van der Waals surface area contributed by atoms with Crippen LogP contribution in [0.3, 0.4) is 0 Å². The lowest BCUT2D eigenvalue weighted by Crippen LogP contribution is -2.36. The molecule has 0 bridgehead atoms. The molecule has 2 unspecified atom stereocenters. The molecule has 8 heteroatoms. The zero-order valence-corrected chi connectivity index (χ0v) is 17.0. The second kappa shape index (κ2) is 10.9. The van der Waals surface area contributed by atoms with Crippen molar-refractivity contribution in [1.82, 2.24) is 0 Å². The first-order chi connectivity index (χ1) is 12.8. The predicted octanol–water partition coefficient (Wildman–Crippen LogP) is 3.21. The van der Waals surface area contributed by atoms with Crippen LogP contribution in [0.1, 0.15) is 32.3 Å². The van der Waals surface area contributed by atoms with Gasteiger partial charge in [0.2, 0.25) is 0 Å². The van der Waals surface area contributed by atoms with E-state index in [9.17, 15) is 14.4 Å². The van der Waals surface area contributed by atoms with Crippen molar-refractivity contribution in [3.63, 3.8) is 0 Å². The number of esters is 2. The van der Waals surface area contributed by atoms with Crippen LogP contribution < -0.4 is 5.73 Å². The van der Waals surface area contributed by atoms with Crippen LogP contribution >= 0.6 is 23.2 Å². The van der Waals surface area contributed by atoms with Gasteiger partial charge in [0.05, 0.1) is 24.7 Å². The third kappa shape index (κ3) is 5.97. The Kier molecular flexibility index (Phi) is 9.32. The van der Waals surface area contributed by atoms with E-state index in [1.165, 1.54) is 6.92 Å². The minimum Gasteiger partial charge on any atom is -0.465 e. The maximum Gasteiger partial charge on any atom is 0.336 e. The number of carbonyl (C=O) groups excluding carboxylic acids is 3. The van der Waals surface area contributed by atoms with Gasteiger partial charge in [0.15, 0.2) is 5.78 Å². The summed E-state index contributed by atoms with van der Waals surface area (Å²) >= 11 is 11.8. The van der Waals surface area contributed by atoms with Crippen LogP contribution in [0.15, 0.2) is 35.5 Å². The molecule has 2 N–H and O–H groups in total. The summed E-state index contributed by atoms with van der Waals surface area (Å²) in [6.45, 7) is 4.92. The Morgan fingerprint density at radius 1 is 1.15 bits per heavy atom. The minimum absolute atomic E-state index is 0.00404. The smallest absolute Gasteiger partial charge is 0.336 e. The van der Waals surface area contributed by atoms with E-state index in [-0.39, 0.29) is 24.5 Å². The molecule has 0 aromatic heterocycles. The average Bonchev–Trinajstić information content (AvgIpc) is 2.61. The molecule has 1 aromatic carbocycles. The van der Waals surface area contributed by atoms with E-state index in [2.05, 4.69) is 0 Å². The van der Waals surface area contributed by atoms with Crippen LogP contribution in [0.4, 0.5) is 0 Å². The molecule has 0 aliphatic heterocycles. The van der Waals surface area contributed by atoms with Gasteiger partial charge in [-0.2, -0.15) is 0 Å². The first-order valence-electron chi connectivity index (χ1n) is 8.42. The van der Waals surface area contributed by atoms with Gasteiger partial charge in [0.1, 0.15) is 5.92 Å². The fraction of sp³-hybridized carbons (Fsp3) is 0.421. The summed E-state index contributed by atoms with van der Waals surface area (Å²) < 4.78 is 10.2. The van der Waals surface area contributed by atoms with E-state index in [4.69, 9.17) is 38.4 Å². The summed E-state index contributed by atoms with van der Waals surface area (Å²) in [6.07, 6.45) is 0. The molecule has 0 aliphatic rings. The van der Waals surface area contributed by atoms with Crippen LogP contribution in [0.5, 0.6) is 0 Å². The molecule has 0 saturated carbocycles. The number of hydrogen-bond acceptors (Lipinski definition) is 6. The van der Waals surface area contributed by atoms with Gasteiger partial charge in [-0.3, -0.25) is 9.59 Å². The van der Waals surface area contributed by atoms with Crippen LogP contribution in [0.25, 0.3) is 0 Å². The maximum atomic E-state index is 12.6. The number of ether oxygens (including phenoxy) is 2. The third-order valence-corrected chi connectivity index (χ3v) is 4.29. The first kappa shape index (κ1) is 23.0. The fourth-order valence-corrected chi connectivity index (χ4v) is 3.10. The van der Waals surface area contributed by atoms with E-state index in [0.717, 1.165) is 0 Å². The van der Waals surface area contributed by atoms with Gasteiger partial charge in [-0.25, -0.2) is 4.79 Å². The quantitative estimate of drug-likeness (QED) is 0.288. The highest BCUT2D eigenvalue weighted by Gasteiger charge is 2.41. The van der Waals surface area contributed by atoms with E-state index >= 15 is 0 Å². The summed E-state index contributed by atoms with van der Waals surface area (Å²) in [5, 5.41) is 0.372. The Balaban J connectivity index is 3.69. The van der Waals surface area contributed by atoms with Crippen LogP contribution in [-0.4, -0.2) is 36.8 Å². The van der Waals surface area contributed by atoms with Crippen molar-refractivity contribution in [2.45, 2.75) is 26.7 Å². The number of nitrogens with two attached hydrogens (primary N) is 1. The van der Waals surface area contributed by atoms with Gasteiger partial charge in [-0.15, -0.1) is 11.6 Å². The Hall–Kier alpha value is -2.05. The Morgan fingerprint density at radius 3 is 2.26 bits per heavy atom. The summed E-state index contributed by atoms with van der Waals surface area (Å²) in [5.74, 6) is -4.95. The number of benzene rings is 1. The van der Waals surface area contributed by atoms with E-state index in [1.54, 1.807) is 38.1 Å². The number of halogens is 2. The van der Waals surface area contributed by atoms with Gasteiger partial charge in [-0.1, -0.05) is 23.7 Å². The highest BCUT2D eigenvalue weighted by Crippen LogP contribution is 2.37. The summed E-state index contributed by atoms with van der Waals surface area (Å²) in [6, 6.07) is 6.48. The van der Waals surface area contributed by atoms with Crippen molar-refractivity contribution in [3.8, 4) is 0 Å². The number of hydrogen-bond donors (Lipinski definition) is 1. The Morgan fingerprint density at radius 2 is 1.78 bits per heavy atom. The molecule has 148 valence electrons. The lowest BCUT2D eigenvalue weighted by Gasteiger charge is -2.27. The van der Waals surface area contributed by atoms with Crippen LogP contribution in [0, 0.1) is 5.92 Å². The lowest BCUT2D eigenvalue weighted by molar-refractivity contribution is -0.151. The molecule has 2 atom stereocenters. The van der Waals surface area contributed by atoms with Crippen molar-refractivity contribution in [1.29, 1.82) is 0 Å². The average molecular weight is 416 g/mol. The highest BCUT2D eigenvalue weighted by atomic mass is 35.5. The van der Waals surface area contributed by atoms with Gasteiger partial charge >= 0.3 is 11.9 Å². The number of allylic oxidation sites excluding steroid dienone is 1. The molecule has 0 fully saturated rings. The van der Waals surface area contributed by atoms with Crippen molar-refractivity contribution in [2.24, 2.45) is 11.7 Å². The molecular weight excluding hydrogens is 393 g/mol. The number of alkyl halides is 1. The molecule has 27 heavy (non-hydrogen) atoms. The Labute approximate surface area is 168 Å². The fourth-order valence-electron chi connectivity index (χ4n) is 2.74. The normalized spacial score (nSPS) is 14.0. The maximum absolute atomic E-state index is 12.6. The standard InChI is InChI=1S/C19H23Cl2NO5/c1-4-26-18(24)15(11(3)22)16(12-7-6-8-13(21)9-12)17(14(23)10-20)19(25)27-5-2/h6-9,16-17H,4-5,10,22H2,1-3H3/b15-11+. The highest BCUT2D eigenvalue weighted by molar-refractivity contribution is 6.31. The van der Waals surface area contributed by atoms with E-state index in [1.807, 2.05) is 0 Å². The Bertz CT molecular complexity index is 729. The molecule has 1 rings (SSSR count). The molecule has 0 amide bonds. The van der Waals surface area contributed by atoms with Crippen molar-refractivity contribution in [3.05, 3.63) is 46.1 Å². The third-order valence-electron chi connectivity index (χ3n) is 3.79. The van der Waals surface area contributed by atoms with Crippen LogP contribution in [-0.2, 0) is 23.9 Å². The van der Waals surface area contributed by atoms with Gasteiger partial charge in [-0.05, 0) is 38.5 Å². The zero-order valence-electron chi connectivity index (χ0n) is 15.5. The van der Waals surface area contributed by atoms with E-state index < -0.39 is 35.4 Å². The van der Waals surface area contributed by atoms with Gasteiger partial charge in [0.25, 0.3) is 0 Å². The molecule has 0 aliphatic carbocycles. The van der Waals surface area contributed by atoms with Crippen LogP contribution in [0.2, 0.25) is 5.02 Å². The molecular formula is C19H23Cl2NO5. The SMILES string of the molecule is CCOC(=O)/C(=C(\C)N)C(c1cccc(Cl)c1)C(C(=O)CCl)C(=O)OCC. The number of carbonyl (C=O) groups is 3. The largest absolute Gasteiger partial charge is 0.465 e. The van der Waals surface area contributed by atoms with Crippen molar-refractivity contribution >= 4 is 40.9 Å². The molecule has 0 heterocycles. The molecule has 0 saturated heterocycles. The predicted molar refractivity (Wildman–Crippen MR) is 104 cm³/mol. The molecule has 6 nitrogen and oxygen atoms in total. The zero-order chi connectivity index (χ0) is 20.6. The van der Waals surface area contributed by atoms with Crippen molar-refractivity contribution in [2.75, 3.05) is 19.1 Å². The van der Waals surface area contributed by atoms with Gasteiger partial charge < -0.3 is 15.2 Å². The minimum atomic E-state index is -1.36. The molecule has 0 radical (unpaired) electrons. The lowest BCUT2D eigenvalue weighted by atomic mass is 9.77. The number of rotatable bonds is 9. The van der Waals surface area contributed by atoms with Gasteiger partial charge in [0, 0.05) is 16.6 Å². The van der Waals surface area contributed by atoms with E-state index in [0.29, 0.717) is 10.6 Å². The first-order valence-corrected chi connectivity index (χ1v) is 9.33. The molecule has 0 spiro atoms. The summed E-state index contributed by atoms with van der Waals surface area (Å²) in [4.78, 5) is 37.7. The number of ketones is 1. The van der Waals surface area contributed by atoms with Crippen molar-refractivity contribution < 1.29 is 23.9 Å². The summed E-state index contributed by atoms with van der Waals surface area (Å²) in [5.41, 5.74) is 6.51. The monoisotopic (exact) mass is 415 g/mol. The number of Topliss-reactive ketones (excluding diaryl/α,β-unsaturated/α-hetero) is 1. The molecule has 1 aromatic rings.